The van der Waals surface area contributed by atoms with Gasteiger partial charge in [0.2, 0.25) is 0 Å². The Bertz CT molecular complexity index is 1180. The lowest BCUT2D eigenvalue weighted by atomic mass is 9.74. The number of carbonyl (C=O) groups is 1. The predicted molar refractivity (Wildman–Crippen MR) is 137 cm³/mol. The number of halogens is 2. The largest absolute Gasteiger partial charge is 0.497 e. The summed E-state index contributed by atoms with van der Waals surface area (Å²) in [5.41, 5.74) is 2.14. The summed E-state index contributed by atoms with van der Waals surface area (Å²) in [4.78, 5) is 19.1. The Hall–Kier alpha value is -2.70. The van der Waals surface area contributed by atoms with Crippen LogP contribution >= 0.6 is 11.6 Å². The van der Waals surface area contributed by atoms with Crippen molar-refractivity contribution >= 4 is 28.5 Å². The molecule has 2 aromatic carbocycles. The molecular formula is C28H32ClFN2O3. The van der Waals surface area contributed by atoms with Crippen LogP contribution in [0, 0.1) is 11.2 Å². The maximum atomic E-state index is 13.4. The van der Waals surface area contributed by atoms with Gasteiger partial charge in [-0.05, 0) is 106 Å². The van der Waals surface area contributed by atoms with E-state index in [2.05, 4.69) is 9.88 Å². The number of rotatable bonds is 10. The first-order valence-corrected chi connectivity index (χ1v) is 12.6. The minimum Gasteiger partial charge on any atom is -0.497 e. The molecule has 0 amide bonds. The van der Waals surface area contributed by atoms with Gasteiger partial charge in [0, 0.05) is 11.6 Å². The van der Waals surface area contributed by atoms with Crippen molar-refractivity contribution in [3.8, 4) is 5.75 Å². The van der Waals surface area contributed by atoms with Crippen molar-refractivity contribution in [2.75, 3.05) is 26.7 Å². The number of aliphatic carboxylic acids is 1. The fourth-order valence-corrected chi connectivity index (χ4v) is 5.41. The van der Waals surface area contributed by atoms with Gasteiger partial charge < -0.3 is 14.7 Å². The Balaban J connectivity index is 1.33. The van der Waals surface area contributed by atoms with Gasteiger partial charge in [0.15, 0.2) is 0 Å². The average Bonchev–Trinajstić information content (AvgIpc) is 2.86. The molecule has 0 saturated carbocycles. The summed E-state index contributed by atoms with van der Waals surface area (Å²) >= 11 is 6.49. The lowest BCUT2D eigenvalue weighted by Gasteiger charge is -2.39. The number of hydrogen-bond acceptors (Lipinski definition) is 4. The monoisotopic (exact) mass is 498 g/mol. The van der Waals surface area contributed by atoms with E-state index in [0.717, 1.165) is 66.7 Å². The third-order valence-electron chi connectivity index (χ3n) is 7.31. The highest BCUT2D eigenvalue weighted by atomic mass is 35.5. The van der Waals surface area contributed by atoms with Gasteiger partial charge >= 0.3 is 5.97 Å². The summed E-state index contributed by atoms with van der Waals surface area (Å²) in [6, 6.07) is 12.5. The summed E-state index contributed by atoms with van der Waals surface area (Å²) < 4.78 is 18.7. The number of pyridine rings is 1. The number of fused-ring (bicyclic) bond motifs is 1. The molecule has 0 unspecified atom stereocenters. The molecule has 7 heteroatoms. The van der Waals surface area contributed by atoms with E-state index in [1.165, 1.54) is 6.07 Å². The van der Waals surface area contributed by atoms with Crippen LogP contribution in [0.25, 0.3) is 10.9 Å². The molecule has 0 bridgehead atoms. The molecule has 0 radical (unpaired) electrons. The molecule has 186 valence electrons. The topological polar surface area (TPSA) is 62.7 Å². The van der Waals surface area contributed by atoms with Gasteiger partial charge in [-0.25, -0.2) is 4.39 Å². The molecule has 1 fully saturated rings. The lowest BCUT2D eigenvalue weighted by molar-refractivity contribution is -0.152. The number of benzene rings is 2. The molecule has 0 atom stereocenters. The Labute approximate surface area is 210 Å². The molecule has 2 heterocycles. The van der Waals surface area contributed by atoms with E-state index < -0.39 is 11.4 Å². The molecule has 4 rings (SSSR count). The number of hydrogen-bond donors (Lipinski definition) is 1. The molecular weight excluding hydrogens is 467 g/mol. The number of aromatic nitrogens is 1. The van der Waals surface area contributed by atoms with Crippen LogP contribution in [0.2, 0.25) is 5.02 Å². The van der Waals surface area contributed by atoms with Crippen LogP contribution < -0.4 is 4.74 Å². The maximum Gasteiger partial charge on any atom is 0.309 e. The molecule has 0 spiro atoms. The normalized spacial score (nSPS) is 15.9. The van der Waals surface area contributed by atoms with Crippen molar-refractivity contribution in [3.63, 3.8) is 0 Å². The quantitative estimate of drug-likeness (QED) is 0.363. The smallest absolute Gasteiger partial charge is 0.309 e. The van der Waals surface area contributed by atoms with Crippen LogP contribution in [0.1, 0.15) is 43.2 Å². The summed E-state index contributed by atoms with van der Waals surface area (Å²) in [5.74, 6) is -0.161. The van der Waals surface area contributed by atoms with Gasteiger partial charge in [-0.2, -0.15) is 0 Å². The summed E-state index contributed by atoms with van der Waals surface area (Å²) in [5, 5.41) is 11.7. The Morgan fingerprint density at radius 1 is 1.17 bits per heavy atom. The Morgan fingerprint density at radius 2 is 1.97 bits per heavy atom. The minimum atomic E-state index is -0.704. The summed E-state index contributed by atoms with van der Waals surface area (Å²) in [7, 11) is 1.63. The van der Waals surface area contributed by atoms with Crippen LogP contribution in [0.4, 0.5) is 4.39 Å². The molecule has 3 aromatic rings. The number of methoxy groups -OCH3 is 1. The molecule has 1 aliphatic rings. The fraction of sp³-hybridized carbons (Fsp3) is 0.429. The van der Waals surface area contributed by atoms with E-state index in [-0.39, 0.29) is 5.82 Å². The molecule has 35 heavy (non-hydrogen) atoms. The van der Waals surface area contributed by atoms with Gasteiger partial charge in [0.25, 0.3) is 0 Å². The van der Waals surface area contributed by atoms with Crippen molar-refractivity contribution < 1.29 is 19.0 Å². The third-order valence-corrected chi connectivity index (χ3v) is 7.64. The zero-order chi connectivity index (χ0) is 24.8. The molecule has 1 aliphatic heterocycles. The first kappa shape index (κ1) is 25.4. The number of ether oxygens (including phenoxy) is 1. The average molecular weight is 499 g/mol. The zero-order valence-electron chi connectivity index (χ0n) is 20.1. The predicted octanol–water partition coefficient (Wildman–Crippen LogP) is 6.16. The summed E-state index contributed by atoms with van der Waals surface area (Å²) in [6.07, 6.45) is 6.75. The zero-order valence-corrected chi connectivity index (χ0v) is 20.9. The molecule has 1 N–H and O–H groups in total. The second-order valence-corrected chi connectivity index (χ2v) is 9.89. The van der Waals surface area contributed by atoms with Crippen molar-refractivity contribution in [2.24, 2.45) is 5.41 Å². The van der Waals surface area contributed by atoms with Crippen LogP contribution in [-0.4, -0.2) is 47.7 Å². The second-order valence-electron chi connectivity index (χ2n) is 9.48. The van der Waals surface area contributed by atoms with E-state index in [0.29, 0.717) is 30.7 Å². The van der Waals surface area contributed by atoms with Crippen molar-refractivity contribution in [1.82, 2.24) is 9.88 Å². The van der Waals surface area contributed by atoms with Gasteiger partial charge in [0.1, 0.15) is 11.6 Å². The van der Waals surface area contributed by atoms with E-state index >= 15 is 0 Å². The Morgan fingerprint density at radius 3 is 2.69 bits per heavy atom. The van der Waals surface area contributed by atoms with Crippen LogP contribution in [0.5, 0.6) is 5.75 Å². The van der Waals surface area contributed by atoms with E-state index in [1.54, 1.807) is 25.4 Å². The van der Waals surface area contributed by atoms with Gasteiger partial charge in [-0.15, -0.1) is 0 Å². The number of carboxylic acid groups (broad SMARTS) is 1. The summed E-state index contributed by atoms with van der Waals surface area (Å²) in [6.45, 7) is 2.43. The van der Waals surface area contributed by atoms with Crippen LogP contribution in [0.15, 0.2) is 48.7 Å². The molecule has 1 saturated heterocycles. The minimum absolute atomic E-state index is 0.202. The highest BCUT2D eigenvalue weighted by Gasteiger charge is 2.40. The number of carboxylic acids is 1. The number of likely N-dealkylation sites (tertiary alicyclic amines) is 1. The van der Waals surface area contributed by atoms with Crippen LogP contribution in [0.3, 0.4) is 0 Å². The molecule has 5 nitrogen and oxygen atoms in total. The van der Waals surface area contributed by atoms with E-state index in [9.17, 15) is 14.3 Å². The molecule has 1 aromatic heterocycles. The SMILES string of the molecule is COc1ccc2ncc(Cl)c(CCCC3(C(=O)O)CCN(CCCc4cccc(F)c4)CC3)c2c1. The van der Waals surface area contributed by atoms with Crippen molar-refractivity contribution in [2.45, 2.75) is 44.9 Å². The Kier molecular flexibility index (Phi) is 8.24. The second kappa shape index (κ2) is 11.4. The number of aryl methyl sites for hydroxylation is 2. The van der Waals surface area contributed by atoms with Crippen LogP contribution in [-0.2, 0) is 17.6 Å². The fourth-order valence-electron chi connectivity index (χ4n) is 5.16. The maximum absolute atomic E-state index is 13.4. The number of nitrogens with zero attached hydrogens (tertiary/aromatic N) is 2. The van der Waals surface area contributed by atoms with Crippen molar-refractivity contribution in [3.05, 3.63) is 70.6 Å². The van der Waals surface area contributed by atoms with Gasteiger partial charge in [0.05, 0.1) is 23.1 Å². The van der Waals surface area contributed by atoms with Crippen molar-refractivity contribution in [1.29, 1.82) is 0 Å². The van der Waals surface area contributed by atoms with Gasteiger partial charge in [-0.3, -0.25) is 9.78 Å². The lowest BCUT2D eigenvalue weighted by Crippen LogP contribution is -2.44. The first-order chi connectivity index (χ1) is 16.9. The first-order valence-electron chi connectivity index (χ1n) is 12.2. The van der Waals surface area contributed by atoms with E-state index in [1.807, 2.05) is 24.3 Å². The third kappa shape index (κ3) is 6.11. The van der Waals surface area contributed by atoms with E-state index in [4.69, 9.17) is 16.3 Å². The molecule has 0 aliphatic carbocycles. The van der Waals surface area contributed by atoms with Gasteiger partial charge in [-0.1, -0.05) is 23.7 Å². The standard InChI is InChI=1S/C28H32ClFN2O3/c1-35-22-9-10-26-24(18-22)23(25(29)19-31-26)8-3-11-28(27(33)34)12-15-32(16-13-28)14-4-6-20-5-2-7-21(30)17-20/h2,5,7,9-10,17-19H,3-4,6,8,11-16H2,1H3,(H,33,34). The number of piperidine rings is 1. The highest BCUT2D eigenvalue weighted by molar-refractivity contribution is 6.32. The highest BCUT2D eigenvalue weighted by Crippen LogP contribution is 2.38.